The van der Waals surface area contributed by atoms with E-state index in [9.17, 15) is 35.4 Å². The van der Waals surface area contributed by atoms with Crippen molar-refractivity contribution >= 4 is 38.4 Å². The quantitative estimate of drug-likeness (QED) is 0.0893. The van der Waals surface area contributed by atoms with Crippen molar-refractivity contribution in [2.75, 3.05) is 13.6 Å². The van der Waals surface area contributed by atoms with Crippen LogP contribution in [0.4, 0.5) is 0 Å². The van der Waals surface area contributed by atoms with Crippen molar-refractivity contribution in [2.24, 2.45) is 35.0 Å². The first-order valence-electron chi connectivity index (χ1n) is 22.4. The lowest BCUT2D eigenvalue weighted by atomic mass is 9.42. The van der Waals surface area contributed by atoms with Gasteiger partial charge >= 0.3 is 5.97 Å². The summed E-state index contributed by atoms with van der Waals surface area (Å²) in [7, 11) is 1.89. The summed E-state index contributed by atoms with van der Waals surface area (Å²) in [5.41, 5.74) is -0.356. The second-order valence-electron chi connectivity index (χ2n) is 19.6. The van der Waals surface area contributed by atoms with Gasteiger partial charge in [-0.05, 0) is 152 Å². The van der Waals surface area contributed by atoms with Crippen LogP contribution < -0.4 is 10.1 Å². The Morgan fingerprint density at radius 3 is 2.49 bits per heavy atom. The lowest BCUT2D eigenvalue weighted by molar-refractivity contribution is -0.372. The molecule has 14 atom stereocenters. The van der Waals surface area contributed by atoms with E-state index in [2.05, 4.69) is 22.4 Å². The zero-order valence-corrected chi connectivity index (χ0v) is 34.2. The lowest BCUT2D eigenvalue weighted by Gasteiger charge is -2.67. The Labute approximate surface area is 352 Å². The summed E-state index contributed by atoms with van der Waals surface area (Å²) >= 11 is 0. The minimum Gasteiger partial charge on any atom is -0.508 e. The third-order valence-corrected chi connectivity index (χ3v) is 17.5. The maximum absolute atomic E-state index is 15.0. The number of aliphatic hydroxyl groups is 5. The van der Waals surface area contributed by atoms with E-state index in [0.29, 0.717) is 36.7 Å². The molecule has 2 saturated heterocycles. The molecule has 1 aromatic heterocycles. The molecule has 0 amide bonds. The first kappa shape index (κ1) is 38.6. The van der Waals surface area contributed by atoms with Crippen molar-refractivity contribution in [3.63, 3.8) is 0 Å². The maximum Gasteiger partial charge on any atom is 0.343 e. The van der Waals surface area contributed by atoms with Gasteiger partial charge < -0.3 is 55.2 Å². The molecule has 320 valence electrons. The van der Waals surface area contributed by atoms with Crippen LogP contribution >= 0.6 is 0 Å². The van der Waals surface area contributed by atoms with Crippen LogP contribution in [0.1, 0.15) is 68.2 Å². The molecular weight excluding hydrogens is 777 g/mol. The lowest BCUT2D eigenvalue weighted by Crippen LogP contribution is -2.78. The number of phenolic OH excluding ortho intramolecular Hbond substituents is 1. The van der Waals surface area contributed by atoms with E-state index in [-0.39, 0.29) is 47.3 Å². The highest BCUT2D eigenvalue weighted by Crippen LogP contribution is 2.76. The Morgan fingerprint density at radius 1 is 0.918 bits per heavy atom. The smallest absolute Gasteiger partial charge is 0.343 e. The topological polar surface area (TPSA) is 194 Å². The van der Waals surface area contributed by atoms with Gasteiger partial charge in [-0.1, -0.05) is 36.4 Å². The second-order valence-corrected chi connectivity index (χ2v) is 19.6. The number of rotatable bonds is 5. The van der Waals surface area contributed by atoms with Crippen molar-refractivity contribution in [2.45, 2.75) is 112 Å². The van der Waals surface area contributed by atoms with Crippen LogP contribution in [0.5, 0.6) is 11.5 Å². The van der Waals surface area contributed by atoms with Gasteiger partial charge in [0.05, 0.1) is 35.4 Å². The number of phenols is 1. The largest absolute Gasteiger partial charge is 0.508 e. The van der Waals surface area contributed by atoms with Crippen molar-refractivity contribution in [3.05, 3.63) is 83.6 Å². The van der Waals surface area contributed by atoms with Crippen molar-refractivity contribution < 1.29 is 49.6 Å². The number of esters is 1. The third kappa shape index (κ3) is 4.70. The van der Waals surface area contributed by atoms with Crippen LogP contribution in [0, 0.1) is 35.0 Å². The van der Waals surface area contributed by atoms with Gasteiger partial charge in [-0.2, -0.15) is 0 Å². The number of nitrogens with one attached hydrogen (secondary N) is 2. The molecule has 4 aromatic carbocycles. The first-order valence-corrected chi connectivity index (χ1v) is 22.4. The van der Waals surface area contributed by atoms with Crippen LogP contribution in [0.3, 0.4) is 0 Å². The van der Waals surface area contributed by atoms with E-state index in [4.69, 9.17) is 14.2 Å². The van der Waals surface area contributed by atoms with Gasteiger partial charge in [0.2, 0.25) is 5.79 Å². The molecule has 6 fully saturated rings. The molecule has 0 radical (unpaired) electrons. The molecule has 14 unspecified atom stereocenters. The molecule has 0 bridgehead atoms. The fourth-order valence-corrected chi connectivity index (χ4v) is 15.4. The maximum atomic E-state index is 15.0. The van der Waals surface area contributed by atoms with Crippen molar-refractivity contribution in [1.82, 2.24) is 10.3 Å². The van der Waals surface area contributed by atoms with Crippen LogP contribution in [-0.4, -0.2) is 97.1 Å². The summed E-state index contributed by atoms with van der Waals surface area (Å²) in [6, 6.07) is 21.7. The normalized spacial score (nSPS) is 40.8. The van der Waals surface area contributed by atoms with Gasteiger partial charge in [0.1, 0.15) is 18.0 Å². The molecule has 12 nitrogen and oxygen atoms in total. The molecule has 4 saturated carbocycles. The Hall–Kier alpha value is -4.11. The molecule has 3 heterocycles. The SMILES string of the molecule is CNCC1CC2C3CCC(O)C4(O)OC(C(=O)Oc5c(CO)[nH]c6ccc7cc8ccccc8cc7c56)C(OC2C2(CCC5CCC6CCc7cc(O)ccc7C652)C1O)C34O. The third-order valence-electron chi connectivity index (χ3n) is 17.5. The molecule has 5 aliphatic carbocycles. The number of hydrogen-bond donors (Lipinski definition) is 8. The van der Waals surface area contributed by atoms with E-state index in [1.807, 2.05) is 55.6 Å². The monoisotopic (exact) mass is 830 g/mol. The van der Waals surface area contributed by atoms with Crippen molar-refractivity contribution in [3.8, 4) is 11.5 Å². The number of aromatic amines is 1. The predicted molar refractivity (Wildman–Crippen MR) is 225 cm³/mol. The number of aromatic nitrogens is 1. The summed E-state index contributed by atoms with van der Waals surface area (Å²) in [5.74, 6) is -3.86. The number of aliphatic hydroxyl groups excluding tert-OH is 3. The van der Waals surface area contributed by atoms with E-state index >= 15 is 0 Å². The Kier molecular flexibility index (Phi) is 8.35. The number of hydrogen-bond acceptors (Lipinski definition) is 11. The summed E-state index contributed by atoms with van der Waals surface area (Å²) in [5, 5.41) is 79.5. The molecule has 7 aliphatic rings. The number of carbonyl (C=O) groups excluding carboxylic acids is 1. The minimum absolute atomic E-state index is 0.111. The molecule has 12 heteroatoms. The standard InChI is InChI=1S/C49H54N2O10/c1-50-22-28-21-33-35-13-15-38(54)49(58)48(35,57)44(60-43(33)46(42(28)55)17-16-30-10-9-29-8-6-27-19-31(53)11-12-34(27)47(29,30)46)41(61-49)45(56)59-40-37(23-52)51-36-14-7-26-18-24-4-2-3-5-25(24)20-32(26)39(36)40/h2-5,7,11-12,14,18-20,28-30,33,35,38,41-44,50-55,57-58H,6,8-10,13,15-17,21-23H2,1H3. The average molecular weight is 831 g/mol. The molecule has 61 heavy (non-hydrogen) atoms. The number of carbonyl (C=O) groups is 1. The van der Waals surface area contributed by atoms with Gasteiger partial charge in [0.15, 0.2) is 17.5 Å². The zero-order chi connectivity index (χ0) is 41.8. The molecule has 12 rings (SSSR count). The first-order chi connectivity index (χ1) is 29.5. The van der Waals surface area contributed by atoms with Crippen LogP contribution in [-0.2, 0) is 32.7 Å². The highest BCUT2D eigenvalue weighted by Gasteiger charge is 2.83. The zero-order valence-electron chi connectivity index (χ0n) is 34.2. The number of ether oxygens (including phenoxy) is 3. The fourth-order valence-electron chi connectivity index (χ4n) is 15.4. The van der Waals surface area contributed by atoms with Gasteiger partial charge in [-0.15, -0.1) is 0 Å². The van der Waals surface area contributed by atoms with E-state index in [1.165, 1.54) is 5.56 Å². The van der Waals surface area contributed by atoms with E-state index < -0.39 is 71.2 Å². The summed E-state index contributed by atoms with van der Waals surface area (Å²) in [4.78, 5) is 18.2. The van der Waals surface area contributed by atoms with Crippen LogP contribution in [0.25, 0.3) is 32.4 Å². The summed E-state index contributed by atoms with van der Waals surface area (Å²) in [6.07, 6.45) is 0.199. The Bertz CT molecular complexity index is 2630. The predicted octanol–water partition coefficient (Wildman–Crippen LogP) is 4.84. The second kappa shape index (κ2) is 13.2. The number of H-pyrrole nitrogens is 1. The molecule has 2 spiro atoms. The Morgan fingerprint density at radius 2 is 1.70 bits per heavy atom. The number of fused-ring (bicyclic) bond motifs is 8. The van der Waals surface area contributed by atoms with E-state index in [0.717, 1.165) is 59.2 Å². The number of aromatic hydroxyl groups is 1. The van der Waals surface area contributed by atoms with E-state index in [1.54, 1.807) is 6.07 Å². The average Bonchev–Trinajstić information content (AvgIpc) is 3.98. The number of benzene rings is 4. The summed E-state index contributed by atoms with van der Waals surface area (Å²) in [6.45, 7) is 0.0727. The van der Waals surface area contributed by atoms with Gasteiger partial charge in [0, 0.05) is 23.3 Å². The fraction of sp³-hybridized carbons (Fsp3) is 0.531. The molecule has 5 aromatic rings. The van der Waals surface area contributed by atoms with Gasteiger partial charge in [0.25, 0.3) is 0 Å². The molecule has 8 N–H and O–H groups in total. The molecule has 2 aliphatic heterocycles. The Balaban J connectivity index is 1.01. The highest BCUT2D eigenvalue weighted by molar-refractivity contribution is 6.14. The van der Waals surface area contributed by atoms with Crippen LogP contribution in [0.2, 0.25) is 0 Å². The highest BCUT2D eigenvalue weighted by atomic mass is 16.7. The van der Waals surface area contributed by atoms with Crippen molar-refractivity contribution in [1.29, 1.82) is 0 Å². The van der Waals surface area contributed by atoms with Crippen LogP contribution in [0.15, 0.2) is 66.7 Å². The number of aryl methyl sites for hydroxylation is 1. The van der Waals surface area contributed by atoms with Gasteiger partial charge in [-0.25, -0.2) is 4.79 Å². The minimum atomic E-state index is -2.55. The molecular formula is C49H54N2O10. The van der Waals surface area contributed by atoms with Gasteiger partial charge in [-0.3, -0.25) is 0 Å². The summed E-state index contributed by atoms with van der Waals surface area (Å²) < 4.78 is 20.0.